The number of rotatable bonds is 2. The van der Waals surface area contributed by atoms with E-state index in [1.165, 1.54) is 24.8 Å². The summed E-state index contributed by atoms with van der Waals surface area (Å²) in [5, 5.41) is 9.23. The Hall–Kier alpha value is -0.980. The SMILES string of the molecule is CC(C)(C)CC1CC(c2ccc(O)cc2)C1. The number of hydrogen-bond acceptors (Lipinski definition) is 1. The summed E-state index contributed by atoms with van der Waals surface area (Å²) in [6.45, 7) is 6.96. The molecule has 2 rings (SSSR count). The Morgan fingerprint density at radius 2 is 1.69 bits per heavy atom. The third-order valence-electron chi connectivity index (χ3n) is 3.50. The average molecular weight is 218 g/mol. The summed E-state index contributed by atoms with van der Waals surface area (Å²) in [6, 6.07) is 7.72. The second-order valence-corrected chi connectivity index (χ2v) is 6.39. The van der Waals surface area contributed by atoms with Crippen molar-refractivity contribution in [2.75, 3.05) is 0 Å². The van der Waals surface area contributed by atoms with Gasteiger partial charge in [-0.1, -0.05) is 32.9 Å². The molecule has 1 saturated carbocycles. The van der Waals surface area contributed by atoms with Crippen LogP contribution in [0.25, 0.3) is 0 Å². The van der Waals surface area contributed by atoms with Crippen LogP contribution in [-0.2, 0) is 0 Å². The molecule has 0 radical (unpaired) electrons. The molecule has 1 aliphatic rings. The quantitative estimate of drug-likeness (QED) is 0.783. The summed E-state index contributed by atoms with van der Waals surface area (Å²) in [7, 11) is 0. The molecule has 1 aromatic carbocycles. The lowest BCUT2D eigenvalue weighted by Gasteiger charge is -2.39. The minimum atomic E-state index is 0.370. The van der Waals surface area contributed by atoms with Gasteiger partial charge in [0, 0.05) is 0 Å². The standard InChI is InChI=1S/C15H22O/c1-15(2,3)10-11-8-13(9-11)12-4-6-14(16)7-5-12/h4-7,11,13,16H,8-10H2,1-3H3. The first-order chi connectivity index (χ1) is 7.44. The van der Waals surface area contributed by atoms with E-state index in [2.05, 4.69) is 32.9 Å². The fourth-order valence-electron chi connectivity index (χ4n) is 2.79. The van der Waals surface area contributed by atoms with Gasteiger partial charge < -0.3 is 5.11 Å². The van der Waals surface area contributed by atoms with Crippen molar-refractivity contribution in [2.45, 2.75) is 46.0 Å². The molecule has 1 heteroatoms. The summed E-state index contributed by atoms with van der Waals surface area (Å²) in [6.07, 6.45) is 3.98. The zero-order chi connectivity index (χ0) is 11.8. The number of benzene rings is 1. The van der Waals surface area contributed by atoms with E-state index in [-0.39, 0.29) is 0 Å². The molecule has 1 aromatic rings. The van der Waals surface area contributed by atoms with Crippen LogP contribution in [-0.4, -0.2) is 5.11 Å². The fourth-order valence-corrected chi connectivity index (χ4v) is 2.79. The second kappa shape index (κ2) is 4.12. The van der Waals surface area contributed by atoms with Crippen molar-refractivity contribution >= 4 is 0 Å². The van der Waals surface area contributed by atoms with Gasteiger partial charge in [0.25, 0.3) is 0 Å². The molecular formula is C15H22O. The predicted molar refractivity (Wildman–Crippen MR) is 67.6 cm³/mol. The molecule has 1 aliphatic carbocycles. The van der Waals surface area contributed by atoms with Gasteiger partial charge in [-0.15, -0.1) is 0 Å². The summed E-state index contributed by atoms with van der Waals surface area (Å²) in [5.41, 5.74) is 1.85. The van der Waals surface area contributed by atoms with E-state index in [0.29, 0.717) is 11.2 Å². The fraction of sp³-hybridized carbons (Fsp3) is 0.600. The van der Waals surface area contributed by atoms with Crippen molar-refractivity contribution in [3.8, 4) is 5.75 Å². The van der Waals surface area contributed by atoms with Crippen LogP contribution in [0.3, 0.4) is 0 Å². The minimum absolute atomic E-state index is 0.370. The molecule has 1 fully saturated rings. The van der Waals surface area contributed by atoms with Crippen LogP contribution in [0.2, 0.25) is 0 Å². The van der Waals surface area contributed by atoms with Crippen molar-refractivity contribution in [3.05, 3.63) is 29.8 Å². The van der Waals surface area contributed by atoms with Crippen LogP contribution in [0.1, 0.15) is 51.5 Å². The van der Waals surface area contributed by atoms with Gasteiger partial charge in [-0.2, -0.15) is 0 Å². The Labute approximate surface area is 98.5 Å². The van der Waals surface area contributed by atoms with Crippen LogP contribution in [0.15, 0.2) is 24.3 Å². The number of phenols is 1. The van der Waals surface area contributed by atoms with Gasteiger partial charge in [-0.25, -0.2) is 0 Å². The molecule has 0 unspecified atom stereocenters. The molecule has 0 atom stereocenters. The van der Waals surface area contributed by atoms with Gasteiger partial charge >= 0.3 is 0 Å². The predicted octanol–water partition coefficient (Wildman–Crippen LogP) is 4.32. The van der Waals surface area contributed by atoms with Crippen molar-refractivity contribution in [3.63, 3.8) is 0 Å². The normalized spacial score (nSPS) is 25.2. The lowest BCUT2D eigenvalue weighted by molar-refractivity contribution is 0.179. The minimum Gasteiger partial charge on any atom is -0.508 e. The van der Waals surface area contributed by atoms with Gasteiger partial charge in [-0.3, -0.25) is 0 Å². The molecule has 0 spiro atoms. The average Bonchev–Trinajstić information content (AvgIpc) is 2.11. The van der Waals surface area contributed by atoms with Gasteiger partial charge in [0.2, 0.25) is 0 Å². The van der Waals surface area contributed by atoms with Gasteiger partial charge in [0.05, 0.1) is 0 Å². The Kier molecular flexibility index (Phi) is 2.96. The lowest BCUT2D eigenvalue weighted by atomic mass is 9.66. The summed E-state index contributed by atoms with van der Waals surface area (Å²) >= 11 is 0. The van der Waals surface area contributed by atoms with Crippen LogP contribution < -0.4 is 0 Å². The lowest BCUT2D eigenvalue weighted by Crippen LogP contribution is -2.26. The van der Waals surface area contributed by atoms with E-state index in [1.807, 2.05) is 0 Å². The molecule has 0 bridgehead atoms. The molecule has 0 aromatic heterocycles. The van der Waals surface area contributed by atoms with E-state index < -0.39 is 0 Å². The van der Waals surface area contributed by atoms with Crippen molar-refractivity contribution in [1.29, 1.82) is 0 Å². The van der Waals surface area contributed by atoms with E-state index in [0.717, 1.165) is 11.8 Å². The van der Waals surface area contributed by atoms with Crippen LogP contribution in [0.5, 0.6) is 5.75 Å². The molecule has 16 heavy (non-hydrogen) atoms. The first kappa shape index (κ1) is 11.5. The summed E-state index contributed by atoms with van der Waals surface area (Å²) < 4.78 is 0. The molecule has 1 N–H and O–H groups in total. The van der Waals surface area contributed by atoms with Crippen LogP contribution in [0.4, 0.5) is 0 Å². The highest BCUT2D eigenvalue weighted by atomic mass is 16.3. The Morgan fingerprint density at radius 3 is 2.19 bits per heavy atom. The van der Waals surface area contributed by atoms with Gasteiger partial charge in [-0.05, 0) is 54.2 Å². The number of hydrogen-bond donors (Lipinski definition) is 1. The summed E-state index contributed by atoms with van der Waals surface area (Å²) in [5.74, 6) is 2.00. The molecule has 0 aliphatic heterocycles. The Morgan fingerprint density at radius 1 is 1.12 bits per heavy atom. The van der Waals surface area contributed by atoms with Crippen molar-refractivity contribution in [2.24, 2.45) is 11.3 Å². The molecule has 0 saturated heterocycles. The van der Waals surface area contributed by atoms with Crippen LogP contribution in [0, 0.1) is 11.3 Å². The monoisotopic (exact) mass is 218 g/mol. The zero-order valence-corrected chi connectivity index (χ0v) is 10.5. The van der Waals surface area contributed by atoms with Crippen molar-refractivity contribution in [1.82, 2.24) is 0 Å². The molecular weight excluding hydrogens is 196 g/mol. The highest BCUT2D eigenvalue weighted by Gasteiger charge is 2.32. The molecule has 1 nitrogen and oxygen atoms in total. The number of phenolic OH excluding ortho intramolecular Hbond substituents is 1. The molecule has 88 valence electrons. The number of aromatic hydroxyl groups is 1. The highest BCUT2D eigenvalue weighted by Crippen LogP contribution is 2.46. The second-order valence-electron chi connectivity index (χ2n) is 6.39. The third kappa shape index (κ3) is 2.78. The maximum atomic E-state index is 9.23. The van der Waals surface area contributed by atoms with E-state index in [9.17, 15) is 5.11 Å². The third-order valence-corrected chi connectivity index (χ3v) is 3.50. The highest BCUT2D eigenvalue weighted by molar-refractivity contribution is 5.29. The molecule has 0 heterocycles. The maximum absolute atomic E-state index is 9.23. The first-order valence-corrected chi connectivity index (χ1v) is 6.23. The van der Waals surface area contributed by atoms with E-state index in [1.54, 1.807) is 12.1 Å². The van der Waals surface area contributed by atoms with Crippen molar-refractivity contribution < 1.29 is 5.11 Å². The first-order valence-electron chi connectivity index (χ1n) is 6.23. The van der Waals surface area contributed by atoms with Gasteiger partial charge in [0.1, 0.15) is 5.75 Å². The van der Waals surface area contributed by atoms with Crippen LogP contribution >= 0.6 is 0 Å². The Bertz CT molecular complexity index is 339. The van der Waals surface area contributed by atoms with E-state index >= 15 is 0 Å². The largest absolute Gasteiger partial charge is 0.508 e. The van der Waals surface area contributed by atoms with E-state index in [4.69, 9.17) is 0 Å². The summed E-state index contributed by atoms with van der Waals surface area (Å²) in [4.78, 5) is 0. The maximum Gasteiger partial charge on any atom is 0.115 e. The zero-order valence-electron chi connectivity index (χ0n) is 10.5. The van der Waals surface area contributed by atoms with Gasteiger partial charge in [0.15, 0.2) is 0 Å². The molecule has 0 amide bonds. The topological polar surface area (TPSA) is 20.2 Å². The Balaban J connectivity index is 1.86. The smallest absolute Gasteiger partial charge is 0.115 e.